The van der Waals surface area contributed by atoms with Gasteiger partial charge in [-0.25, -0.2) is 9.97 Å². The van der Waals surface area contributed by atoms with Crippen LogP contribution in [0.3, 0.4) is 0 Å². The van der Waals surface area contributed by atoms with E-state index in [1.54, 1.807) is 19.5 Å². The highest BCUT2D eigenvalue weighted by molar-refractivity contribution is 5.71. The molecule has 1 N–H and O–H groups in total. The van der Waals surface area contributed by atoms with Gasteiger partial charge in [-0.2, -0.15) is 0 Å². The van der Waals surface area contributed by atoms with Crippen molar-refractivity contribution in [1.82, 2.24) is 15.0 Å². The molecule has 2 aromatic heterocycles. The zero-order valence-electron chi connectivity index (χ0n) is 10.8. The second kappa shape index (κ2) is 6.26. The van der Waals surface area contributed by atoms with Gasteiger partial charge < -0.3 is 10.1 Å². The van der Waals surface area contributed by atoms with Gasteiger partial charge >= 0.3 is 0 Å². The Morgan fingerprint density at radius 2 is 2.11 bits per heavy atom. The van der Waals surface area contributed by atoms with Crippen molar-refractivity contribution in [3.05, 3.63) is 24.5 Å². The Balaban J connectivity index is 2.14. The Hall–Kier alpha value is -1.75. The van der Waals surface area contributed by atoms with Crippen molar-refractivity contribution in [2.24, 2.45) is 0 Å². The fraction of sp³-hybridized carbons (Fsp3) is 0.462. The lowest BCUT2D eigenvalue weighted by Gasteiger charge is -2.17. The quantitative estimate of drug-likeness (QED) is 0.847. The number of ether oxygens (including phenoxy) is 1. The maximum Gasteiger partial charge on any atom is 0.180 e. The molecule has 0 amide bonds. The van der Waals surface area contributed by atoms with Crippen LogP contribution in [0.1, 0.15) is 19.8 Å². The van der Waals surface area contributed by atoms with E-state index in [0.717, 1.165) is 24.2 Å². The highest BCUT2D eigenvalue weighted by Gasteiger charge is 2.08. The molecular formula is C13H18N4O. The normalized spacial score (nSPS) is 12.6. The lowest BCUT2D eigenvalue weighted by molar-refractivity contribution is 0.182. The number of pyridine rings is 1. The van der Waals surface area contributed by atoms with Gasteiger partial charge in [-0.1, -0.05) is 13.3 Å². The second-order valence-corrected chi connectivity index (χ2v) is 4.18. The van der Waals surface area contributed by atoms with Crippen LogP contribution in [0, 0.1) is 0 Å². The van der Waals surface area contributed by atoms with Crippen molar-refractivity contribution in [2.75, 3.05) is 19.0 Å². The second-order valence-electron chi connectivity index (χ2n) is 4.18. The number of aromatic nitrogens is 3. The van der Waals surface area contributed by atoms with E-state index < -0.39 is 0 Å². The number of fused-ring (bicyclic) bond motifs is 1. The summed E-state index contributed by atoms with van der Waals surface area (Å²) in [6, 6.07) is 4.13. The minimum Gasteiger partial charge on any atom is -0.383 e. The minimum absolute atomic E-state index is 0.279. The Bertz CT molecular complexity index is 497. The van der Waals surface area contributed by atoms with Crippen molar-refractivity contribution in [2.45, 2.75) is 25.8 Å². The molecule has 0 aliphatic carbocycles. The van der Waals surface area contributed by atoms with E-state index in [1.165, 1.54) is 0 Å². The van der Waals surface area contributed by atoms with Crippen LogP contribution in [0.25, 0.3) is 11.2 Å². The van der Waals surface area contributed by atoms with Crippen molar-refractivity contribution in [3.63, 3.8) is 0 Å². The Labute approximate surface area is 107 Å². The van der Waals surface area contributed by atoms with Crippen molar-refractivity contribution in [1.29, 1.82) is 0 Å². The molecular weight excluding hydrogens is 228 g/mol. The van der Waals surface area contributed by atoms with E-state index >= 15 is 0 Å². The van der Waals surface area contributed by atoms with E-state index in [0.29, 0.717) is 12.3 Å². The van der Waals surface area contributed by atoms with E-state index in [-0.39, 0.29) is 6.04 Å². The Kier molecular flexibility index (Phi) is 4.41. The molecule has 0 saturated heterocycles. The highest BCUT2D eigenvalue weighted by atomic mass is 16.5. The Morgan fingerprint density at radius 1 is 1.28 bits per heavy atom. The van der Waals surface area contributed by atoms with Crippen LogP contribution in [0.15, 0.2) is 24.5 Å². The summed E-state index contributed by atoms with van der Waals surface area (Å²) in [5.74, 6) is 0.818. The third-order valence-corrected chi connectivity index (χ3v) is 2.69. The van der Waals surface area contributed by atoms with E-state index in [9.17, 15) is 0 Å². The van der Waals surface area contributed by atoms with Crippen LogP contribution in [0.2, 0.25) is 0 Å². The number of hydrogen-bond donors (Lipinski definition) is 1. The summed E-state index contributed by atoms with van der Waals surface area (Å²) in [7, 11) is 1.71. The summed E-state index contributed by atoms with van der Waals surface area (Å²) >= 11 is 0. The summed E-state index contributed by atoms with van der Waals surface area (Å²) < 4.78 is 5.20. The van der Waals surface area contributed by atoms with Gasteiger partial charge in [0.2, 0.25) is 0 Å². The zero-order valence-corrected chi connectivity index (χ0v) is 10.8. The summed E-state index contributed by atoms with van der Waals surface area (Å²) in [6.07, 6.45) is 5.47. The fourth-order valence-electron chi connectivity index (χ4n) is 1.89. The molecule has 2 aromatic rings. The number of anilines is 1. The monoisotopic (exact) mass is 246 g/mol. The molecule has 1 unspecified atom stereocenters. The fourth-order valence-corrected chi connectivity index (χ4v) is 1.89. The number of methoxy groups -OCH3 is 1. The first-order chi connectivity index (χ1) is 8.83. The lowest BCUT2D eigenvalue weighted by atomic mass is 10.2. The molecule has 0 aliphatic rings. The van der Waals surface area contributed by atoms with E-state index in [1.807, 2.05) is 12.1 Å². The summed E-state index contributed by atoms with van der Waals surface area (Å²) in [4.78, 5) is 12.8. The topological polar surface area (TPSA) is 59.9 Å². The van der Waals surface area contributed by atoms with Gasteiger partial charge in [0.05, 0.1) is 12.6 Å². The molecule has 5 nitrogen and oxygen atoms in total. The van der Waals surface area contributed by atoms with E-state index in [4.69, 9.17) is 4.74 Å². The van der Waals surface area contributed by atoms with Gasteiger partial charge in [0, 0.05) is 19.5 Å². The predicted molar refractivity (Wildman–Crippen MR) is 71.5 cm³/mol. The first kappa shape index (κ1) is 12.7. The molecule has 0 radical (unpaired) electrons. The minimum atomic E-state index is 0.279. The average Bonchev–Trinajstić information content (AvgIpc) is 2.39. The molecule has 0 bridgehead atoms. The summed E-state index contributed by atoms with van der Waals surface area (Å²) in [6.45, 7) is 2.83. The molecule has 18 heavy (non-hydrogen) atoms. The number of rotatable bonds is 6. The standard InChI is InChI=1S/C13H18N4O/c1-3-4-10(9-18-2)16-12-6-5-11-13(17-12)15-8-7-14-11/h5-8,10H,3-4,9H2,1-2H3,(H,15,16,17). The smallest absolute Gasteiger partial charge is 0.180 e. The molecule has 2 heterocycles. The van der Waals surface area contributed by atoms with Gasteiger partial charge in [-0.3, -0.25) is 4.98 Å². The van der Waals surface area contributed by atoms with Crippen molar-refractivity contribution < 1.29 is 4.74 Å². The molecule has 0 aliphatic heterocycles. The summed E-state index contributed by atoms with van der Waals surface area (Å²) in [5, 5.41) is 3.37. The first-order valence-corrected chi connectivity index (χ1v) is 6.16. The largest absolute Gasteiger partial charge is 0.383 e. The first-order valence-electron chi connectivity index (χ1n) is 6.16. The van der Waals surface area contributed by atoms with Gasteiger partial charge in [-0.05, 0) is 18.6 Å². The predicted octanol–water partition coefficient (Wildman–Crippen LogP) is 2.25. The molecule has 0 spiro atoms. The van der Waals surface area contributed by atoms with E-state index in [2.05, 4.69) is 27.2 Å². The van der Waals surface area contributed by atoms with Gasteiger partial charge in [0.1, 0.15) is 11.3 Å². The van der Waals surface area contributed by atoms with Crippen molar-refractivity contribution in [3.8, 4) is 0 Å². The highest BCUT2D eigenvalue weighted by Crippen LogP contribution is 2.12. The third-order valence-electron chi connectivity index (χ3n) is 2.69. The van der Waals surface area contributed by atoms with Crippen LogP contribution < -0.4 is 5.32 Å². The van der Waals surface area contributed by atoms with Crippen molar-refractivity contribution >= 4 is 17.0 Å². The van der Waals surface area contributed by atoms with Crippen LogP contribution in [-0.2, 0) is 4.74 Å². The van der Waals surface area contributed by atoms with Crippen LogP contribution in [0.4, 0.5) is 5.82 Å². The lowest BCUT2D eigenvalue weighted by Crippen LogP contribution is -2.25. The zero-order chi connectivity index (χ0) is 12.8. The molecule has 2 rings (SSSR count). The SMILES string of the molecule is CCCC(COC)Nc1ccc2nccnc2n1. The molecule has 1 atom stereocenters. The molecule has 0 fully saturated rings. The van der Waals surface area contributed by atoms with Gasteiger partial charge in [0.25, 0.3) is 0 Å². The maximum absolute atomic E-state index is 5.20. The molecule has 96 valence electrons. The molecule has 5 heteroatoms. The van der Waals surface area contributed by atoms with Crippen LogP contribution in [-0.4, -0.2) is 34.7 Å². The summed E-state index contributed by atoms with van der Waals surface area (Å²) in [5.41, 5.74) is 1.47. The maximum atomic E-state index is 5.20. The number of nitrogens with one attached hydrogen (secondary N) is 1. The number of hydrogen-bond acceptors (Lipinski definition) is 5. The molecule has 0 saturated carbocycles. The third kappa shape index (κ3) is 3.13. The van der Waals surface area contributed by atoms with Crippen LogP contribution >= 0.6 is 0 Å². The average molecular weight is 246 g/mol. The number of nitrogens with zero attached hydrogens (tertiary/aromatic N) is 3. The van der Waals surface area contributed by atoms with Gasteiger partial charge in [0.15, 0.2) is 5.65 Å². The molecule has 0 aromatic carbocycles. The Morgan fingerprint density at radius 3 is 2.89 bits per heavy atom. The van der Waals surface area contributed by atoms with Crippen LogP contribution in [0.5, 0.6) is 0 Å². The van der Waals surface area contributed by atoms with Gasteiger partial charge in [-0.15, -0.1) is 0 Å².